The number of hydrogen-bond acceptors (Lipinski definition) is 3. The lowest BCUT2D eigenvalue weighted by atomic mass is 9.95. The molecule has 7 nitrogen and oxygen atoms in total. The second-order valence-corrected chi connectivity index (χ2v) is 5.20. The van der Waals surface area contributed by atoms with Gasteiger partial charge in [-0.15, -0.1) is 0 Å². The number of nitrogens with zero attached hydrogens (tertiary/aromatic N) is 2. The minimum atomic E-state index is -0.804. The van der Waals surface area contributed by atoms with Crippen molar-refractivity contribution in [3.05, 3.63) is 18.2 Å². The van der Waals surface area contributed by atoms with Gasteiger partial charge in [-0.25, -0.2) is 9.78 Å². The van der Waals surface area contributed by atoms with Crippen LogP contribution in [0.3, 0.4) is 0 Å². The molecule has 1 aromatic heterocycles. The van der Waals surface area contributed by atoms with Crippen LogP contribution in [-0.2, 0) is 4.79 Å². The fourth-order valence-electron chi connectivity index (χ4n) is 2.52. The molecular weight excluding hydrogens is 260 g/mol. The van der Waals surface area contributed by atoms with Crippen LogP contribution < -0.4 is 5.32 Å². The van der Waals surface area contributed by atoms with Gasteiger partial charge in [-0.3, -0.25) is 4.79 Å². The zero-order chi connectivity index (χ0) is 14.5. The lowest BCUT2D eigenvalue weighted by Crippen LogP contribution is -2.46. The van der Waals surface area contributed by atoms with Gasteiger partial charge in [0.2, 0.25) is 0 Å². The Morgan fingerprint density at radius 1 is 1.65 bits per heavy atom. The van der Waals surface area contributed by atoms with E-state index in [9.17, 15) is 9.59 Å². The normalized spacial score (nSPS) is 20.4. The van der Waals surface area contributed by atoms with Crippen LogP contribution >= 0.6 is 0 Å². The van der Waals surface area contributed by atoms with Crippen molar-refractivity contribution in [2.75, 3.05) is 13.1 Å². The monoisotopic (exact) mass is 280 g/mol. The van der Waals surface area contributed by atoms with E-state index in [1.54, 1.807) is 17.3 Å². The van der Waals surface area contributed by atoms with E-state index in [0.717, 1.165) is 12.8 Å². The lowest BCUT2D eigenvalue weighted by Gasteiger charge is -2.32. The van der Waals surface area contributed by atoms with Gasteiger partial charge in [0.15, 0.2) is 0 Å². The first-order valence-corrected chi connectivity index (χ1v) is 6.82. The summed E-state index contributed by atoms with van der Waals surface area (Å²) >= 11 is 0. The highest BCUT2D eigenvalue weighted by Gasteiger charge is 2.26. The first-order chi connectivity index (χ1) is 9.56. The van der Waals surface area contributed by atoms with Crippen LogP contribution in [0.15, 0.2) is 12.4 Å². The van der Waals surface area contributed by atoms with E-state index in [1.807, 2.05) is 6.92 Å². The summed E-state index contributed by atoms with van der Waals surface area (Å²) in [5, 5.41) is 11.7. The summed E-state index contributed by atoms with van der Waals surface area (Å²) in [7, 11) is 0. The van der Waals surface area contributed by atoms with Gasteiger partial charge in [-0.2, -0.15) is 0 Å². The number of carbonyl (C=O) groups is 2. The summed E-state index contributed by atoms with van der Waals surface area (Å²) in [6.07, 6.45) is 5.19. The zero-order valence-electron chi connectivity index (χ0n) is 11.5. The molecule has 0 bridgehead atoms. The van der Waals surface area contributed by atoms with Gasteiger partial charge >= 0.3 is 12.0 Å². The Kier molecular flexibility index (Phi) is 4.60. The van der Waals surface area contributed by atoms with E-state index in [0.29, 0.717) is 18.9 Å². The molecule has 0 aromatic carbocycles. The molecule has 3 N–H and O–H groups in total. The van der Waals surface area contributed by atoms with Gasteiger partial charge < -0.3 is 20.3 Å². The molecule has 1 aliphatic heterocycles. The molecule has 0 aliphatic carbocycles. The highest BCUT2D eigenvalue weighted by Crippen LogP contribution is 2.20. The molecule has 110 valence electrons. The molecule has 0 radical (unpaired) electrons. The van der Waals surface area contributed by atoms with Gasteiger partial charge in [0.1, 0.15) is 5.82 Å². The van der Waals surface area contributed by atoms with Crippen molar-refractivity contribution in [1.82, 2.24) is 20.2 Å². The Morgan fingerprint density at radius 2 is 2.45 bits per heavy atom. The first-order valence-electron chi connectivity index (χ1n) is 6.82. The van der Waals surface area contributed by atoms with Crippen molar-refractivity contribution in [3.8, 4) is 0 Å². The van der Waals surface area contributed by atoms with Crippen molar-refractivity contribution in [3.63, 3.8) is 0 Å². The van der Waals surface area contributed by atoms with E-state index in [4.69, 9.17) is 5.11 Å². The van der Waals surface area contributed by atoms with Gasteiger partial charge in [-0.1, -0.05) is 0 Å². The van der Waals surface area contributed by atoms with Crippen LogP contribution in [0.4, 0.5) is 4.79 Å². The standard InChI is InChI=1S/C13H20N4O3/c1-9(12-14-4-5-15-12)16-13(20)17-6-2-3-10(8-17)7-11(18)19/h4-5,9-10H,2-3,6-8H2,1H3,(H,14,15)(H,16,20)(H,18,19). The lowest BCUT2D eigenvalue weighted by molar-refractivity contribution is -0.138. The second kappa shape index (κ2) is 6.40. The zero-order valence-corrected chi connectivity index (χ0v) is 11.5. The number of likely N-dealkylation sites (tertiary alicyclic amines) is 1. The average molecular weight is 280 g/mol. The number of nitrogens with one attached hydrogen (secondary N) is 2. The molecule has 2 atom stereocenters. The van der Waals surface area contributed by atoms with Crippen molar-refractivity contribution < 1.29 is 14.7 Å². The van der Waals surface area contributed by atoms with Gasteiger partial charge in [0, 0.05) is 31.9 Å². The third-order valence-electron chi connectivity index (χ3n) is 3.54. The van der Waals surface area contributed by atoms with Crippen molar-refractivity contribution in [2.45, 2.75) is 32.2 Å². The topological polar surface area (TPSA) is 98.3 Å². The molecule has 1 aromatic rings. The minimum absolute atomic E-state index is 0.0471. The smallest absolute Gasteiger partial charge is 0.317 e. The maximum atomic E-state index is 12.2. The molecule has 0 spiro atoms. The number of H-pyrrole nitrogens is 1. The van der Waals surface area contributed by atoms with Crippen LogP contribution in [0.5, 0.6) is 0 Å². The largest absolute Gasteiger partial charge is 0.481 e. The van der Waals surface area contributed by atoms with E-state index >= 15 is 0 Å². The Hall–Kier alpha value is -2.05. The predicted octanol–water partition coefficient (Wildman–Crippen LogP) is 1.37. The molecule has 2 rings (SSSR count). The number of hydrogen-bond donors (Lipinski definition) is 3. The number of aromatic amines is 1. The first kappa shape index (κ1) is 14.4. The van der Waals surface area contributed by atoms with E-state index in [2.05, 4.69) is 15.3 Å². The summed E-state index contributed by atoms with van der Waals surface area (Å²) < 4.78 is 0. The van der Waals surface area contributed by atoms with Crippen LogP contribution in [0.2, 0.25) is 0 Å². The average Bonchev–Trinajstić information content (AvgIpc) is 2.92. The number of carboxylic acid groups (broad SMARTS) is 1. The maximum Gasteiger partial charge on any atom is 0.317 e. The van der Waals surface area contributed by atoms with Crippen LogP contribution in [0.25, 0.3) is 0 Å². The minimum Gasteiger partial charge on any atom is -0.481 e. The predicted molar refractivity (Wildman–Crippen MR) is 72.1 cm³/mol. The van der Waals surface area contributed by atoms with Crippen molar-refractivity contribution in [1.29, 1.82) is 0 Å². The number of carboxylic acids is 1. The van der Waals surface area contributed by atoms with Gasteiger partial charge in [-0.05, 0) is 25.7 Å². The summed E-state index contributed by atoms with van der Waals surface area (Å²) in [4.78, 5) is 31.7. The number of carbonyl (C=O) groups excluding carboxylic acids is 1. The number of aromatic nitrogens is 2. The van der Waals surface area contributed by atoms with Gasteiger partial charge in [0.25, 0.3) is 0 Å². The molecule has 1 saturated heterocycles. The molecule has 20 heavy (non-hydrogen) atoms. The van der Waals surface area contributed by atoms with E-state index in [-0.39, 0.29) is 24.4 Å². The highest BCUT2D eigenvalue weighted by molar-refractivity contribution is 5.75. The molecule has 1 aliphatic rings. The summed E-state index contributed by atoms with van der Waals surface area (Å²) in [5.41, 5.74) is 0. The number of rotatable bonds is 4. The molecule has 2 amide bonds. The third-order valence-corrected chi connectivity index (χ3v) is 3.54. The second-order valence-electron chi connectivity index (χ2n) is 5.20. The maximum absolute atomic E-state index is 12.2. The van der Waals surface area contributed by atoms with Crippen LogP contribution in [0.1, 0.15) is 38.1 Å². The number of urea groups is 1. The Balaban J connectivity index is 1.87. The molecule has 2 heterocycles. The van der Waals surface area contributed by atoms with E-state index < -0.39 is 5.97 Å². The molecule has 2 unspecified atom stereocenters. The van der Waals surface area contributed by atoms with E-state index in [1.165, 1.54) is 0 Å². The number of imidazole rings is 1. The summed E-state index contributed by atoms with van der Waals surface area (Å²) in [6, 6.07) is -0.360. The number of aliphatic carboxylic acids is 1. The molecule has 7 heteroatoms. The van der Waals surface area contributed by atoms with Crippen molar-refractivity contribution >= 4 is 12.0 Å². The summed E-state index contributed by atoms with van der Waals surface area (Å²) in [6.45, 7) is 3.03. The Labute approximate surface area is 117 Å². The van der Waals surface area contributed by atoms with Crippen molar-refractivity contribution in [2.24, 2.45) is 5.92 Å². The molecular formula is C13H20N4O3. The number of piperidine rings is 1. The fourth-order valence-corrected chi connectivity index (χ4v) is 2.52. The molecule has 0 saturated carbocycles. The van der Waals surface area contributed by atoms with Gasteiger partial charge in [0.05, 0.1) is 6.04 Å². The third kappa shape index (κ3) is 3.72. The Morgan fingerprint density at radius 3 is 3.10 bits per heavy atom. The highest BCUT2D eigenvalue weighted by atomic mass is 16.4. The van der Waals surface area contributed by atoms with Crippen LogP contribution in [-0.4, -0.2) is 45.1 Å². The van der Waals surface area contributed by atoms with Crippen LogP contribution in [0, 0.1) is 5.92 Å². The molecule has 1 fully saturated rings. The Bertz CT molecular complexity index is 460. The SMILES string of the molecule is CC(NC(=O)N1CCCC(CC(=O)O)C1)c1ncc[nH]1. The summed E-state index contributed by atoms with van der Waals surface area (Å²) in [5.74, 6) is -0.0513. The number of amides is 2. The quantitative estimate of drug-likeness (QED) is 0.775. The fraction of sp³-hybridized carbons (Fsp3) is 0.615.